The third kappa shape index (κ3) is 1.76. The molecule has 2 atom stereocenters. The molecule has 4 nitrogen and oxygen atoms in total. The molecule has 1 aliphatic rings. The van der Waals surface area contributed by atoms with Crippen molar-refractivity contribution in [1.29, 1.82) is 5.26 Å². The zero-order chi connectivity index (χ0) is 10.7. The van der Waals surface area contributed by atoms with Crippen LogP contribution >= 0.6 is 0 Å². The van der Waals surface area contributed by atoms with Gasteiger partial charge in [0.2, 0.25) is 0 Å². The Morgan fingerprint density at radius 1 is 1.60 bits per heavy atom. The number of aliphatic hydroxyl groups excluding tert-OH is 1. The Morgan fingerprint density at radius 3 is 3.00 bits per heavy atom. The van der Waals surface area contributed by atoms with Crippen LogP contribution in [0.15, 0.2) is 22.8 Å². The zero-order valence-electron chi connectivity index (χ0n) is 8.35. The van der Waals surface area contributed by atoms with Crippen LogP contribution in [0.2, 0.25) is 0 Å². The summed E-state index contributed by atoms with van der Waals surface area (Å²) >= 11 is 0. The summed E-state index contributed by atoms with van der Waals surface area (Å²) in [5.74, 6) is 0.432. The lowest BCUT2D eigenvalue weighted by Crippen LogP contribution is -2.36. The third-order valence-electron chi connectivity index (χ3n) is 2.83. The summed E-state index contributed by atoms with van der Waals surface area (Å²) in [5.41, 5.74) is -0.851. The Hall–Kier alpha value is -1.31. The Kier molecular flexibility index (Phi) is 2.76. The summed E-state index contributed by atoms with van der Waals surface area (Å²) in [6, 6.07) is 5.55. The highest BCUT2D eigenvalue weighted by Crippen LogP contribution is 2.40. The van der Waals surface area contributed by atoms with E-state index in [4.69, 9.17) is 9.15 Å². The van der Waals surface area contributed by atoms with Crippen LogP contribution in [-0.2, 0) is 4.74 Å². The molecule has 15 heavy (non-hydrogen) atoms. The quantitative estimate of drug-likeness (QED) is 0.800. The monoisotopic (exact) mass is 207 g/mol. The molecule has 0 saturated carbocycles. The molecular formula is C11H13NO3. The standard InChI is InChI=1S/C11H13NO3/c12-7-11(4-2-5-14-8-11)10(13)9-3-1-6-15-9/h1,3,6,10,13H,2,4-5,8H2. The Balaban J connectivity index is 2.23. The fraction of sp³-hybridized carbons (Fsp3) is 0.545. The van der Waals surface area contributed by atoms with Crippen LogP contribution < -0.4 is 0 Å². The Bertz CT molecular complexity index is 346. The largest absolute Gasteiger partial charge is 0.467 e. The van der Waals surface area contributed by atoms with Gasteiger partial charge in [0, 0.05) is 6.61 Å². The number of rotatable bonds is 2. The lowest BCUT2D eigenvalue weighted by Gasteiger charge is -2.33. The van der Waals surface area contributed by atoms with Crippen LogP contribution in [0, 0.1) is 16.7 Å². The van der Waals surface area contributed by atoms with Gasteiger partial charge in [-0.15, -0.1) is 0 Å². The number of hydrogen-bond donors (Lipinski definition) is 1. The average molecular weight is 207 g/mol. The van der Waals surface area contributed by atoms with Crippen LogP contribution in [0.3, 0.4) is 0 Å². The molecule has 4 heteroatoms. The number of hydrogen-bond acceptors (Lipinski definition) is 4. The van der Waals surface area contributed by atoms with Gasteiger partial charge >= 0.3 is 0 Å². The van der Waals surface area contributed by atoms with Gasteiger partial charge in [-0.2, -0.15) is 5.26 Å². The van der Waals surface area contributed by atoms with E-state index in [9.17, 15) is 10.4 Å². The summed E-state index contributed by atoms with van der Waals surface area (Å²) in [4.78, 5) is 0. The van der Waals surface area contributed by atoms with E-state index in [2.05, 4.69) is 6.07 Å². The molecule has 1 aromatic heterocycles. The number of nitrogens with zero attached hydrogens (tertiary/aromatic N) is 1. The van der Waals surface area contributed by atoms with Crippen molar-refractivity contribution in [3.63, 3.8) is 0 Å². The second kappa shape index (κ2) is 4.05. The molecule has 1 aromatic rings. The molecule has 0 amide bonds. The van der Waals surface area contributed by atoms with E-state index in [1.54, 1.807) is 12.1 Å². The summed E-state index contributed by atoms with van der Waals surface area (Å²) < 4.78 is 10.4. The molecule has 0 aliphatic carbocycles. The molecule has 0 bridgehead atoms. The van der Waals surface area contributed by atoms with E-state index in [-0.39, 0.29) is 6.61 Å². The highest BCUT2D eigenvalue weighted by atomic mass is 16.5. The van der Waals surface area contributed by atoms with Crippen molar-refractivity contribution in [3.8, 4) is 6.07 Å². The van der Waals surface area contributed by atoms with E-state index >= 15 is 0 Å². The summed E-state index contributed by atoms with van der Waals surface area (Å²) in [7, 11) is 0. The van der Waals surface area contributed by atoms with Crippen molar-refractivity contribution in [2.75, 3.05) is 13.2 Å². The molecule has 2 rings (SSSR count). The van der Waals surface area contributed by atoms with Crippen LogP contribution in [0.1, 0.15) is 24.7 Å². The summed E-state index contributed by atoms with van der Waals surface area (Å²) in [6.45, 7) is 0.930. The third-order valence-corrected chi connectivity index (χ3v) is 2.83. The van der Waals surface area contributed by atoms with Gasteiger partial charge in [0.15, 0.2) is 0 Å². The molecule has 1 fully saturated rings. The lowest BCUT2D eigenvalue weighted by molar-refractivity contribution is -0.0580. The van der Waals surface area contributed by atoms with Gasteiger partial charge in [-0.1, -0.05) is 0 Å². The van der Waals surface area contributed by atoms with Gasteiger partial charge in [0.05, 0.1) is 18.9 Å². The summed E-state index contributed by atoms with van der Waals surface area (Å²) in [6.07, 6.45) is 2.03. The lowest BCUT2D eigenvalue weighted by atomic mass is 9.78. The number of aliphatic hydroxyl groups is 1. The molecular weight excluding hydrogens is 194 g/mol. The predicted molar refractivity (Wildman–Crippen MR) is 51.8 cm³/mol. The number of ether oxygens (including phenoxy) is 1. The van der Waals surface area contributed by atoms with Crippen molar-refractivity contribution in [1.82, 2.24) is 0 Å². The van der Waals surface area contributed by atoms with Crippen molar-refractivity contribution in [2.45, 2.75) is 18.9 Å². The SMILES string of the molecule is N#CC1(C(O)c2ccco2)CCCOC1. The maximum Gasteiger partial charge on any atom is 0.133 e. The second-order valence-corrected chi connectivity index (χ2v) is 3.84. The van der Waals surface area contributed by atoms with Gasteiger partial charge in [-0.3, -0.25) is 0 Å². The smallest absolute Gasteiger partial charge is 0.133 e. The van der Waals surface area contributed by atoms with Crippen molar-refractivity contribution in [2.24, 2.45) is 5.41 Å². The van der Waals surface area contributed by atoms with Crippen LogP contribution in [-0.4, -0.2) is 18.3 Å². The summed E-state index contributed by atoms with van der Waals surface area (Å²) in [5, 5.41) is 19.3. The molecule has 2 unspecified atom stereocenters. The minimum Gasteiger partial charge on any atom is -0.467 e. The highest BCUT2D eigenvalue weighted by Gasteiger charge is 2.42. The number of furan rings is 1. The topological polar surface area (TPSA) is 66.4 Å². The molecule has 0 spiro atoms. The van der Waals surface area contributed by atoms with Gasteiger partial charge in [-0.05, 0) is 25.0 Å². The Morgan fingerprint density at radius 2 is 2.47 bits per heavy atom. The first-order chi connectivity index (χ1) is 7.28. The number of nitriles is 1. The van der Waals surface area contributed by atoms with Gasteiger partial charge < -0.3 is 14.3 Å². The molecule has 0 aromatic carbocycles. The normalized spacial score (nSPS) is 28.3. The van der Waals surface area contributed by atoms with E-state index in [0.717, 1.165) is 6.42 Å². The zero-order valence-corrected chi connectivity index (χ0v) is 8.35. The Labute approximate surface area is 88.1 Å². The van der Waals surface area contributed by atoms with E-state index < -0.39 is 11.5 Å². The fourth-order valence-electron chi connectivity index (χ4n) is 1.90. The van der Waals surface area contributed by atoms with Gasteiger partial charge in [-0.25, -0.2) is 0 Å². The molecule has 0 radical (unpaired) electrons. The van der Waals surface area contributed by atoms with Gasteiger partial charge in [0.1, 0.15) is 17.3 Å². The van der Waals surface area contributed by atoms with Crippen LogP contribution in [0.5, 0.6) is 0 Å². The highest BCUT2D eigenvalue weighted by molar-refractivity contribution is 5.14. The van der Waals surface area contributed by atoms with E-state index in [1.807, 2.05) is 0 Å². The minimum atomic E-state index is -0.905. The molecule has 1 N–H and O–H groups in total. The maximum absolute atomic E-state index is 10.1. The molecule has 1 saturated heterocycles. The van der Waals surface area contributed by atoms with Crippen molar-refractivity contribution >= 4 is 0 Å². The first-order valence-corrected chi connectivity index (χ1v) is 4.99. The van der Waals surface area contributed by atoms with E-state index in [1.165, 1.54) is 6.26 Å². The maximum atomic E-state index is 10.1. The molecule has 80 valence electrons. The van der Waals surface area contributed by atoms with Crippen molar-refractivity contribution < 1.29 is 14.3 Å². The van der Waals surface area contributed by atoms with Crippen molar-refractivity contribution in [3.05, 3.63) is 24.2 Å². The van der Waals surface area contributed by atoms with Gasteiger partial charge in [0.25, 0.3) is 0 Å². The van der Waals surface area contributed by atoms with Crippen LogP contribution in [0.4, 0.5) is 0 Å². The first kappa shape index (κ1) is 10.2. The average Bonchev–Trinajstić information content (AvgIpc) is 2.82. The minimum absolute atomic E-state index is 0.269. The first-order valence-electron chi connectivity index (χ1n) is 4.99. The molecule has 1 aliphatic heterocycles. The van der Waals surface area contributed by atoms with Crippen LogP contribution in [0.25, 0.3) is 0 Å². The fourth-order valence-corrected chi connectivity index (χ4v) is 1.90. The van der Waals surface area contributed by atoms with E-state index in [0.29, 0.717) is 18.8 Å². The second-order valence-electron chi connectivity index (χ2n) is 3.84. The molecule has 2 heterocycles. The predicted octanol–water partition coefficient (Wildman–Crippen LogP) is 1.63.